The quantitative estimate of drug-likeness (QED) is 0.644. The monoisotopic (exact) mass is 377 g/mol. The van der Waals surface area contributed by atoms with Crippen LogP contribution in [-0.2, 0) is 20.0 Å². The molecule has 0 radical (unpaired) electrons. The lowest BCUT2D eigenvalue weighted by atomic mass is 10.2. The molecule has 3 aromatic heterocycles. The number of hydrogen-bond acceptors (Lipinski definition) is 7. The second-order valence-corrected chi connectivity index (χ2v) is 6.85. The van der Waals surface area contributed by atoms with Gasteiger partial charge in [-0.15, -0.1) is 15.3 Å². The highest BCUT2D eigenvalue weighted by Gasteiger charge is 2.40. The molecule has 11 heteroatoms. The zero-order valence-electron chi connectivity index (χ0n) is 15.3. The minimum Gasteiger partial charge on any atom is -0.348 e. The molecule has 1 saturated heterocycles. The van der Waals surface area contributed by atoms with Crippen molar-refractivity contribution in [3.05, 3.63) is 17.7 Å². The Hall–Kier alpha value is -2.72. The zero-order valence-corrected chi connectivity index (χ0v) is 15.3. The van der Waals surface area contributed by atoms with Crippen LogP contribution in [0.2, 0.25) is 0 Å². The van der Waals surface area contributed by atoms with Crippen molar-refractivity contribution >= 4 is 17.0 Å². The third-order valence-electron chi connectivity index (χ3n) is 4.65. The molecule has 27 heavy (non-hydrogen) atoms. The highest BCUT2D eigenvalue weighted by molar-refractivity contribution is 5.82. The molecule has 0 N–H and O–H groups in total. The van der Waals surface area contributed by atoms with Crippen molar-refractivity contribution in [1.82, 2.24) is 40.0 Å². The Kier molecular flexibility index (Phi) is 4.44. The van der Waals surface area contributed by atoms with Gasteiger partial charge < -0.3 is 4.90 Å². The van der Waals surface area contributed by atoms with Crippen LogP contribution in [0.1, 0.15) is 37.7 Å². The van der Waals surface area contributed by atoms with E-state index in [0.29, 0.717) is 35.8 Å². The summed E-state index contributed by atoms with van der Waals surface area (Å²) in [5.41, 5.74) is 1.70. The zero-order chi connectivity index (χ0) is 19.0. The molecule has 0 saturated carbocycles. The summed E-state index contributed by atoms with van der Waals surface area (Å²) < 4.78 is 29.1. The van der Waals surface area contributed by atoms with E-state index in [1.165, 1.54) is 4.80 Å². The van der Waals surface area contributed by atoms with Crippen molar-refractivity contribution in [3.8, 4) is 0 Å². The number of halogens is 2. The Balaban J connectivity index is 1.73. The minimum absolute atomic E-state index is 0.183. The molecule has 3 aromatic rings. The molecule has 0 aliphatic carbocycles. The van der Waals surface area contributed by atoms with Gasteiger partial charge in [0, 0.05) is 26.4 Å². The summed E-state index contributed by atoms with van der Waals surface area (Å²) in [7, 11) is 1.78. The highest BCUT2D eigenvalue weighted by atomic mass is 19.3. The van der Waals surface area contributed by atoms with Crippen LogP contribution in [0.3, 0.4) is 0 Å². The van der Waals surface area contributed by atoms with E-state index in [2.05, 4.69) is 37.4 Å². The van der Waals surface area contributed by atoms with Crippen LogP contribution >= 0.6 is 0 Å². The molecule has 4 rings (SSSR count). The summed E-state index contributed by atoms with van der Waals surface area (Å²) in [6.45, 7) is 2.33. The first-order valence-electron chi connectivity index (χ1n) is 9.03. The van der Waals surface area contributed by atoms with Gasteiger partial charge in [0.2, 0.25) is 5.65 Å². The number of nitrogens with zero attached hydrogens (tertiary/aromatic N) is 9. The van der Waals surface area contributed by atoms with Crippen molar-refractivity contribution in [2.24, 2.45) is 7.05 Å². The molecular formula is C16H21F2N9. The predicted octanol–water partition coefficient (Wildman–Crippen LogP) is 1.59. The number of hydrogen-bond donors (Lipinski definition) is 0. The largest absolute Gasteiger partial charge is 0.348 e. The summed E-state index contributed by atoms with van der Waals surface area (Å²) in [5, 5.41) is 16.6. The van der Waals surface area contributed by atoms with Crippen LogP contribution in [0.4, 0.5) is 14.6 Å². The predicted molar refractivity (Wildman–Crippen MR) is 93.6 cm³/mol. The van der Waals surface area contributed by atoms with Crippen molar-refractivity contribution in [2.75, 3.05) is 18.0 Å². The Morgan fingerprint density at radius 1 is 1.22 bits per heavy atom. The van der Waals surface area contributed by atoms with Crippen LogP contribution in [0.15, 0.2) is 6.20 Å². The van der Waals surface area contributed by atoms with Crippen molar-refractivity contribution in [3.63, 3.8) is 0 Å². The van der Waals surface area contributed by atoms with E-state index in [9.17, 15) is 8.78 Å². The highest BCUT2D eigenvalue weighted by Crippen LogP contribution is 2.32. The fourth-order valence-electron chi connectivity index (χ4n) is 3.14. The summed E-state index contributed by atoms with van der Waals surface area (Å²) in [5.74, 6) is -1.65. The molecule has 144 valence electrons. The molecule has 1 fully saturated rings. The fraction of sp³-hybridized carbons (Fsp3) is 0.625. The van der Waals surface area contributed by atoms with Crippen LogP contribution in [0.5, 0.6) is 0 Å². The van der Waals surface area contributed by atoms with Gasteiger partial charge in [-0.2, -0.15) is 4.80 Å². The normalized spacial score (nSPS) is 16.5. The molecular weight excluding hydrogens is 356 g/mol. The second kappa shape index (κ2) is 6.78. The van der Waals surface area contributed by atoms with E-state index in [0.717, 1.165) is 18.5 Å². The van der Waals surface area contributed by atoms with Gasteiger partial charge >= 0.3 is 0 Å². The van der Waals surface area contributed by atoms with Gasteiger partial charge in [0.05, 0.1) is 18.4 Å². The second-order valence-electron chi connectivity index (χ2n) is 6.85. The average Bonchev–Trinajstić information content (AvgIpc) is 3.31. The maximum absolute atomic E-state index is 13.7. The topological polar surface area (TPSA) is 90.4 Å². The van der Waals surface area contributed by atoms with Gasteiger partial charge in [-0.25, -0.2) is 18.7 Å². The van der Waals surface area contributed by atoms with Crippen LogP contribution in [-0.4, -0.2) is 59.0 Å². The first kappa shape index (κ1) is 17.7. The lowest BCUT2D eigenvalue weighted by molar-refractivity contribution is 0.0257. The number of aryl methyl sites for hydroxylation is 2. The Bertz CT molecular complexity index is 949. The lowest BCUT2D eigenvalue weighted by Crippen LogP contribution is -2.26. The van der Waals surface area contributed by atoms with E-state index in [4.69, 9.17) is 0 Å². The summed E-state index contributed by atoms with van der Waals surface area (Å²) >= 11 is 0. The van der Waals surface area contributed by atoms with Crippen LogP contribution in [0, 0.1) is 0 Å². The summed E-state index contributed by atoms with van der Waals surface area (Å²) in [4.78, 5) is 12.1. The van der Waals surface area contributed by atoms with Crippen LogP contribution < -0.4 is 4.90 Å². The van der Waals surface area contributed by atoms with Crippen molar-refractivity contribution in [1.29, 1.82) is 0 Å². The molecule has 0 amide bonds. The van der Waals surface area contributed by atoms with Crippen molar-refractivity contribution < 1.29 is 8.78 Å². The number of aromatic nitrogens is 8. The maximum Gasteiger partial charge on any atom is 0.266 e. The molecule has 0 unspecified atom stereocenters. The fourth-order valence-corrected chi connectivity index (χ4v) is 3.14. The molecule has 9 nitrogen and oxygen atoms in total. The molecule has 4 heterocycles. The molecule has 0 atom stereocenters. The number of alkyl halides is 2. The van der Waals surface area contributed by atoms with Gasteiger partial charge in [-0.1, -0.05) is 18.6 Å². The Labute approximate surface area is 154 Å². The average molecular weight is 377 g/mol. The number of unbranched alkanes of at least 4 members (excludes halogenated alkanes) is 1. The smallest absolute Gasteiger partial charge is 0.266 e. The van der Waals surface area contributed by atoms with Crippen LogP contribution in [0.25, 0.3) is 11.2 Å². The van der Waals surface area contributed by atoms with Gasteiger partial charge in [0.25, 0.3) is 5.92 Å². The van der Waals surface area contributed by atoms with E-state index in [-0.39, 0.29) is 19.5 Å². The SMILES string of the molecule is CCCCc1nc(N2CCC(F)(F)C2)c2nn(Cc3cnnn3C)nc2n1. The van der Waals surface area contributed by atoms with Gasteiger partial charge in [0.1, 0.15) is 12.4 Å². The van der Waals surface area contributed by atoms with Gasteiger partial charge in [-0.3, -0.25) is 4.68 Å². The number of rotatable bonds is 6. The number of fused-ring (bicyclic) bond motifs is 1. The molecule has 0 bridgehead atoms. The first-order valence-corrected chi connectivity index (χ1v) is 9.03. The third kappa shape index (κ3) is 3.58. The minimum atomic E-state index is -2.71. The van der Waals surface area contributed by atoms with Crippen molar-refractivity contribution in [2.45, 2.75) is 45.1 Å². The Morgan fingerprint density at radius 2 is 2.07 bits per heavy atom. The first-order chi connectivity index (χ1) is 12.9. The standard InChI is InChI=1S/C16H21F2N9/c1-3-4-5-12-20-14-13(15(21-12)26-7-6-16(17,18)10-26)22-27(23-14)9-11-8-19-24-25(11)2/h8H,3-7,9-10H2,1-2H3. The Morgan fingerprint density at radius 3 is 2.74 bits per heavy atom. The number of anilines is 1. The maximum atomic E-state index is 13.7. The summed E-state index contributed by atoms with van der Waals surface area (Å²) in [6.07, 6.45) is 4.06. The third-order valence-corrected chi connectivity index (χ3v) is 4.65. The molecule has 1 aliphatic rings. The van der Waals surface area contributed by atoms with E-state index in [1.54, 1.807) is 22.8 Å². The van der Waals surface area contributed by atoms with E-state index >= 15 is 0 Å². The van der Waals surface area contributed by atoms with Gasteiger partial charge in [0.15, 0.2) is 11.3 Å². The molecule has 0 spiro atoms. The van der Waals surface area contributed by atoms with Gasteiger partial charge in [-0.05, 0) is 6.42 Å². The van der Waals surface area contributed by atoms with E-state index in [1.807, 2.05) is 0 Å². The molecule has 0 aromatic carbocycles. The lowest BCUT2D eigenvalue weighted by Gasteiger charge is -2.17. The summed E-state index contributed by atoms with van der Waals surface area (Å²) in [6, 6.07) is 0. The van der Waals surface area contributed by atoms with E-state index < -0.39 is 5.92 Å². The molecule has 1 aliphatic heterocycles.